The number of halogens is 4. The molecular formula is C25H19F4N5O2. The zero-order valence-electron chi connectivity index (χ0n) is 19.0. The Kier molecular flexibility index (Phi) is 5.42. The molecule has 0 saturated carbocycles. The first kappa shape index (κ1) is 23.3. The van der Waals surface area contributed by atoms with Gasteiger partial charge in [0.1, 0.15) is 40.5 Å². The molecule has 0 saturated heterocycles. The number of benzene rings is 2. The summed E-state index contributed by atoms with van der Waals surface area (Å²) >= 11 is 0. The lowest BCUT2D eigenvalue weighted by Crippen LogP contribution is -2.14. The van der Waals surface area contributed by atoms with Crippen LogP contribution in [0.4, 0.5) is 29.1 Å². The summed E-state index contributed by atoms with van der Waals surface area (Å²) in [6.07, 6.45) is -0.153. The zero-order chi connectivity index (χ0) is 25.8. The molecule has 0 aliphatic carbocycles. The third-order valence-electron chi connectivity index (χ3n) is 5.76. The van der Waals surface area contributed by atoms with Crippen molar-refractivity contribution in [2.75, 3.05) is 11.1 Å². The number of carbonyl (C=O) groups excluding carboxylic acids is 1. The molecule has 11 heteroatoms. The van der Waals surface area contributed by atoms with Gasteiger partial charge in [0.25, 0.3) is 5.91 Å². The number of rotatable bonds is 4. The topological polar surface area (TPSA) is 98.5 Å². The van der Waals surface area contributed by atoms with Crippen LogP contribution in [0, 0.1) is 5.82 Å². The SMILES string of the molecule is CC(C)c1nc(-c2ccc3c(C(=O)Nc4cc(C(F)(F)F)ccc4F)coc3c2)c2c(N)nccn12. The van der Waals surface area contributed by atoms with E-state index >= 15 is 0 Å². The van der Waals surface area contributed by atoms with Gasteiger partial charge in [-0.1, -0.05) is 19.9 Å². The van der Waals surface area contributed by atoms with Gasteiger partial charge in [-0.05, 0) is 30.3 Å². The van der Waals surface area contributed by atoms with Crippen molar-refractivity contribution in [2.45, 2.75) is 25.9 Å². The number of amides is 1. The number of fused-ring (bicyclic) bond motifs is 2. The molecule has 0 bridgehead atoms. The predicted octanol–water partition coefficient (Wildman–Crippen LogP) is 6.26. The highest BCUT2D eigenvalue weighted by molar-refractivity contribution is 6.12. The molecule has 0 aliphatic rings. The van der Waals surface area contributed by atoms with Crippen LogP contribution in [0.3, 0.4) is 0 Å². The quantitative estimate of drug-likeness (QED) is 0.286. The normalized spacial score (nSPS) is 12.1. The van der Waals surface area contributed by atoms with E-state index in [2.05, 4.69) is 10.3 Å². The Morgan fingerprint density at radius 1 is 1.17 bits per heavy atom. The van der Waals surface area contributed by atoms with Crippen LogP contribution in [0.25, 0.3) is 27.7 Å². The first-order chi connectivity index (χ1) is 17.0. The van der Waals surface area contributed by atoms with E-state index in [0.29, 0.717) is 51.8 Å². The van der Waals surface area contributed by atoms with Crippen LogP contribution in [0.15, 0.2) is 59.5 Å². The van der Waals surface area contributed by atoms with Gasteiger partial charge < -0.3 is 15.5 Å². The average Bonchev–Trinajstić information content (AvgIpc) is 3.42. The Morgan fingerprint density at radius 3 is 2.67 bits per heavy atom. The fourth-order valence-corrected chi connectivity index (χ4v) is 4.03. The molecule has 3 aromatic heterocycles. The van der Waals surface area contributed by atoms with Gasteiger partial charge in [-0.25, -0.2) is 14.4 Å². The Morgan fingerprint density at radius 2 is 1.94 bits per heavy atom. The van der Waals surface area contributed by atoms with Crippen LogP contribution in [-0.2, 0) is 6.18 Å². The van der Waals surface area contributed by atoms with Crippen molar-refractivity contribution >= 4 is 33.9 Å². The maximum Gasteiger partial charge on any atom is 0.416 e. The fourth-order valence-electron chi connectivity index (χ4n) is 4.03. The van der Waals surface area contributed by atoms with Gasteiger partial charge in [0.2, 0.25) is 0 Å². The highest BCUT2D eigenvalue weighted by Crippen LogP contribution is 2.35. The number of alkyl halides is 3. The van der Waals surface area contributed by atoms with E-state index in [1.54, 1.807) is 30.6 Å². The van der Waals surface area contributed by atoms with E-state index in [9.17, 15) is 22.4 Å². The van der Waals surface area contributed by atoms with E-state index in [4.69, 9.17) is 15.1 Å². The molecule has 0 radical (unpaired) electrons. The molecule has 36 heavy (non-hydrogen) atoms. The second kappa shape index (κ2) is 8.36. The van der Waals surface area contributed by atoms with Gasteiger partial charge in [0, 0.05) is 29.3 Å². The maximum absolute atomic E-state index is 14.1. The number of nitrogens with zero attached hydrogens (tertiary/aromatic N) is 3. The highest BCUT2D eigenvalue weighted by Gasteiger charge is 2.31. The summed E-state index contributed by atoms with van der Waals surface area (Å²) in [4.78, 5) is 21.7. The molecule has 2 aromatic carbocycles. The molecule has 3 N–H and O–H groups in total. The second-order valence-corrected chi connectivity index (χ2v) is 8.51. The van der Waals surface area contributed by atoms with Crippen LogP contribution in [0.2, 0.25) is 0 Å². The smallest absolute Gasteiger partial charge is 0.416 e. The molecule has 0 atom stereocenters. The number of nitrogen functional groups attached to an aromatic ring is 1. The number of hydrogen-bond acceptors (Lipinski definition) is 5. The van der Waals surface area contributed by atoms with Gasteiger partial charge in [-0.2, -0.15) is 13.2 Å². The fraction of sp³-hybridized carbons (Fsp3) is 0.160. The molecule has 184 valence electrons. The summed E-state index contributed by atoms with van der Waals surface area (Å²) in [6, 6.07) is 6.82. The lowest BCUT2D eigenvalue weighted by molar-refractivity contribution is -0.137. The molecule has 7 nitrogen and oxygen atoms in total. The molecule has 0 aliphatic heterocycles. The average molecular weight is 497 g/mol. The van der Waals surface area contributed by atoms with Crippen LogP contribution in [0.1, 0.15) is 41.5 Å². The van der Waals surface area contributed by atoms with Crippen molar-refractivity contribution in [1.29, 1.82) is 0 Å². The Labute approximate surface area is 201 Å². The maximum atomic E-state index is 14.1. The van der Waals surface area contributed by atoms with Crippen molar-refractivity contribution in [1.82, 2.24) is 14.4 Å². The van der Waals surface area contributed by atoms with Gasteiger partial charge in [-0.3, -0.25) is 9.20 Å². The summed E-state index contributed by atoms with van der Waals surface area (Å²) in [5.41, 5.74) is 6.71. The predicted molar refractivity (Wildman–Crippen MR) is 126 cm³/mol. The van der Waals surface area contributed by atoms with E-state index in [-0.39, 0.29) is 11.5 Å². The van der Waals surface area contributed by atoms with Gasteiger partial charge in [-0.15, -0.1) is 0 Å². The van der Waals surface area contributed by atoms with Crippen molar-refractivity contribution in [3.05, 3.63) is 77.8 Å². The Bertz CT molecular complexity index is 1640. The third kappa shape index (κ3) is 3.92. The van der Waals surface area contributed by atoms with E-state index < -0.39 is 29.2 Å². The summed E-state index contributed by atoms with van der Waals surface area (Å²) in [5, 5.41) is 2.59. The molecule has 5 aromatic rings. The molecule has 3 heterocycles. The molecule has 0 spiro atoms. The Balaban J connectivity index is 1.52. The molecule has 5 rings (SSSR count). The number of nitrogens with one attached hydrogen (secondary N) is 1. The molecule has 0 fully saturated rings. The summed E-state index contributed by atoms with van der Waals surface area (Å²) < 4.78 is 60.5. The summed E-state index contributed by atoms with van der Waals surface area (Å²) in [7, 11) is 0. The van der Waals surface area contributed by atoms with Crippen LogP contribution in [-0.4, -0.2) is 20.3 Å². The van der Waals surface area contributed by atoms with Gasteiger partial charge in [0.15, 0.2) is 0 Å². The van der Waals surface area contributed by atoms with Crippen molar-refractivity contribution in [3.63, 3.8) is 0 Å². The monoisotopic (exact) mass is 497 g/mol. The molecule has 1 amide bonds. The zero-order valence-corrected chi connectivity index (χ0v) is 19.0. The lowest BCUT2D eigenvalue weighted by atomic mass is 10.1. The van der Waals surface area contributed by atoms with Crippen molar-refractivity contribution in [2.24, 2.45) is 0 Å². The largest absolute Gasteiger partial charge is 0.463 e. The second-order valence-electron chi connectivity index (χ2n) is 8.51. The number of carbonyl (C=O) groups is 1. The van der Waals surface area contributed by atoms with E-state index in [0.717, 1.165) is 12.1 Å². The highest BCUT2D eigenvalue weighted by atomic mass is 19.4. The third-order valence-corrected chi connectivity index (χ3v) is 5.76. The number of aromatic nitrogens is 3. The van der Waals surface area contributed by atoms with E-state index in [1.807, 2.05) is 18.2 Å². The van der Waals surface area contributed by atoms with Crippen LogP contribution >= 0.6 is 0 Å². The minimum Gasteiger partial charge on any atom is -0.463 e. The van der Waals surface area contributed by atoms with Crippen LogP contribution < -0.4 is 11.1 Å². The number of hydrogen-bond donors (Lipinski definition) is 2. The lowest BCUT2D eigenvalue weighted by Gasteiger charge is -2.10. The number of anilines is 2. The van der Waals surface area contributed by atoms with Crippen LogP contribution in [0.5, 0.6) is 0 Å². The Hall–Kier alpha value is -4.41. The first-order valence-electron chi connectivity index (χ1n) is 10.9. The standard InChI is InChI=1S/C25H19F4N5O2/c1-12(2)23-33-20(21-22(30)31-7-8-34(21)23)13-3-5-15-16(11-36-19(15)9-13)24(35)32-18-10-14(25(27,28)29)4-6-17(18)26/h3-12H,1-2H3,(H2,30,31)(H,32,35). The number of furan rings is 1. The van der Waals surface area contributed by atoms with Crippen molar-refractivity contribution < 1.29 is 26.8 Å². The van der Waals surface area contributed by atoms with E-state index in [1.165, 1.54) is 0 Å². The molecular weight excluding hydrogens is 478 g/mol. The van der Waals surface area contributed by atoms with Gasteiger partial charge in [0.05, 0.1) is 16.8 Å². The number of nitrogens with two attached hydrogens (primary N) is 1. The summed E-state index contributed by atoms with van der Waals surface area (Å²) in [6.45, 7) is 4.01. The summed E-state index contributed by atoms with van der Waals surface area (Å²) in [5.74, 6) is -0.619. The number of imidazole rings is 1. The molecule has 0 unspecified atom stereocenters. The van der Waals surface area contributed by atoms with Crippen molar-refractivity contribution in [3.8, 4) is 11.3 Å². The van der Waals surface area contributed by atoms with Gasteiger partial charge >= 0.3 is 6.18 Å². The first-order valence-corrected chi connectivity index (χ1v) is 10.9. The minimum atomic E-state index is -4.68. The minimum absolute atomic E-state index is 0.0344.